The molecule has 0 saturated heterocycles. The maximum atomic E-state index is 12.1. The van der Waals surface area contributed by atoms with Crippen molar-refractivity contribution < 1.29 is 13.2 Å². The van der Waals surface area contributed by atoms with Gasteiger partial charge in [0.15, 0.2) is 5.69 Å². The van der Waals surface area contributed by atoms with Gasteiger partial charge in [-0.2, -0.15) is 13.2 Å². The molecule has 0 N–H and O–H groups in total. The molecule has 0 atom stereocenters. The van der Waals surface area contributed by atoms with Gasteiger partial charge in [-0.15, -0.1) is 11.3 Å². The summed E-state index contributed by atoms with van der Waals surface area (Å²) in [6.45, 7) is 1.73. The van der Waals surface area contributed by atoms with Gasteiger partial charge in [-0.25, -0.2) is 4.98 Å². The van der Waals surface area contributed by atoms with E-state index >= 15 is 0 Å². The van der Waals surface area contributed by atoms with Gasteiger partial charge in [-0.3, -0.25) is 0 Å². The lowest BCUT2D eigenvalue weighted by atomic mass is 10.4. The third kappa shape index (κ3) is 1.90. The molecule has 0 saturated carbocycles. The molecule has 0 amide bonds. The lowest BCUT2D eigenvalue weighted by Crippen LogP contribution is -2.06. The quantitative estimate of drug-likeness (QED) is 0.700. The molecule has 12 heavy (non-hydrogen) atoms. The molecule has 0 aliphatic rings. The zero-order chi connectivity index (χ0) is 9.35. The molecule has 0 unspecified atom stereocenters. The number of alkyl halides is 3. The van der Waals surface area contributed by atoms with Gasteiger partial charge in [0, 0.05) is 0 Å². The van der Waals surface area contributed by atoms with Crippen LogP contribution in [0.15, 0.2) is 0 Å². The van der Waals surface area contributed by atoms with Crippen LogP contribution in [0.4, 0.5) is 13.2 Å². The molecule has 1 aromatic heterocycles. The number of hydrogen-bond donors (Lipinski definition) is 0. The number of halogens is 4. The lowest BCUT2D eigenvalue weighted by Gasteiger charge is -2.00. The average molecular weight is 216 g/mol. The van der Waals surface area contributed by atoms with Crippen molar-refractivity contribution in [2.24, 2.45) is 0 Å². The van der Waals surface area contributed by atoms with E-state index in [4.69, 9.17) is 11.6 Å². The molecular formula is C6H5ClF3NS. The van der Waals surface area contributed by atoms with Crippen LogP contribution in [0, 0.1) is 0 Å². The molecule has 0 spiro atoms. The molecule has 1 heterocycles. The number of nitrogens with zero attached hydrogens (tertiary/aromatic N) is 1. The van der Waals surface area contributed by atoms with Crippen LogP contribution >= 0.6 is 22.9 Å². The Hall–Kier alpha value is -0.290. The van der Waals surface area contributed by atoms with E-state index in [9.17, 15) is 13.2 Å². The summed E-state index contributed by atoms with van der Waals surface area (Å²) >= 11 is 6.22. The molecule has 6 heteroatoms. The fourth-order valence-electron chi connectivity index (χ4n) is 0.669. The minimum atomic E-state index is -4.43. The molecule has 68 valence electrons. The Balaban J connectivity index is 3.08. The van der Waals surface area contributed by atoms with Gasteiger partial charge >= 0.3 is 6.18 Å². The van der Waals surface area contributed by atoms with E-state index in [2.05, 4.69) is 4.98 Å². The van der Waals surface area contributed by atoms with Gasteiger partial charge in [0.1, 0.15) is 4.34 Å². The third-order valence-electron chi connectivity index (χ3n) is 1.20. The van der Waals surface area contributed by atoms with E-state index in [0.29, 0.717) is 11.4 Å². The second kappa shape index (κ2) is 3.22. The largest absolute Gasteiger partial charge is 0.435 e. The van der Waals surface area contributed by atoms with Crippen LogP contribution < -0.4 is 0 Å². The predicted molar refractivity (Wildman–Crippen MR) is 41.5 cm³/mol. The van der Waals surface area contributed by atoms with Gasteiger partial charge in [0.25, 0.3) is 0 Å². The molecule has 0 bridgehead atoms. The van der Waals surface area contributed by atoms with Gasteiger partial charge in [-0.1, -0.05) is 18.5 Å². The van der Waals surface area contributed by atoms with E-state index in [1.165, 1.54) is 0 Å². The van der Waals surface area contributed by atoms with E-state index in [1.807, 2.05) is 0 Å². The van der Waals surface area contributed by atoms with Crippen LogP contribution in [-0.4, -0.2) is 4.98 Å². The molecule has 1 nitrogen and oxygen atoms in total. The number of aryl methyl sites for hydroxylation is 1. The van der Waals surface area contributed by atoms with Crippen molar-refractivity contribution in [1.29, 1.82) is 0 Å². The summed E-state index contributed by atoms with van der Waals surface area (Å²) in [6.07, 6.45) is -3.96. The molecule has 1 aromatic rings. The SMILES string of the molecule is CCc1nc(C(F)(F)F)c(Cl)s1. The Morgan fingerprint density at radius 3 is 2.33 bits per heavy atom. The number of thiazole rings is 1. The summed E-state index contributed by atoms with van der Waals surface area (Å²) in [4.78, 5) is 3.36. The standard InChI is InChI=1S/C6H5ClF3NS/c1-2-3-11-4(5(7)12-3)6(8,9)10/h2H2,1H3. The second-order valence-corrected chi connectivity index (χ2v) is 3.77. The minimum absolute atomic E-state index is 0.278. The van der Waals surface area contributed by atoms with Crippen LogP contribution in [0.25, 0.3) is 0 Å². The molecule has 0 aliphatic heterocycles. The first-order valence-electron chi connectivity index (χ1n) is 3.17. The highest BCUT2D eigenvalue weighted by Crippen LogP contribution is 2.37. The Morgan fingerprint density at radius 2 is 2.08 bits per heavy atom. The second-order valence-electron chi connectivity index (χ2n) is 2.08. The summed E-state index contributed by atoms with van der Waals surface area (Å²) in [6, 6.07) is 0. The molecule has 0 fully saturated rings. The Labute approximate surface area is 76.2 Å². The topological polar surface area (TPSA) is 12.9 Å². The zero-order valence-electron chi connectivity index (χ0n) is 6.07. The fraction of sp³-hybridized carbons (Fsp3) is 0.500. The van der Waals surface area contributed by atoms with Crippen LogP contribution in [0.5, 0.6) is 0 Å². The highest BCUT2D eigenvalue weighted by molar-refractivity contribution is 7.16. The minimum Gasteiger partial charge on any atom is -0.235 e. The highest BCUT2D eigenvalue weighted by Gasteiger charge is 2.36. The van der Waals surface area contributed by atoms with Crippen molar-refractivity contribution in [1.82, 2.24) is 4.98 Å². The van der Waals surface area contributed by atoms with E-state index in [1.54, 1.807) is 6.92 Å². The van der Waals surface area contributed by atoms with Crippen LogP contribution in [0.2, 0.25) is 4.34 Å². The highest BCUT2D eigenvalue weighted by atomic mass is 35.5. The Morgan fingerprint density at radius 1 is 1.50 bits per heavy atom. The normalized spacial score (nSPS) is 12.1. The van der Waals surface area contributed by atoms with Gasteiger partial charge < -0.3 is 0 Å². The summed E-state index contributed by atoms with van der Waals surface area (Å²) in [7, 11) is 0. The first-order chi connectivity index (χ1) is 5.45. The Kier molecular flexibility index (Phi) is 2.63. The third-order valence-corrected chi connectivity index (χ3v) is 2.60. The maximum Gasteiger partial charge on any atom is 0.435 e. The molecule has 1 rings (SSSR count). The van der Waals surface area contributed by atoms with E-state index in [-0.39, 0.29) is 4.34 Å². The molecular weight excluding hydrogens is 211 g/mol. The van der Waals surface area contributed by atoms with Crippen LogP contribution in [0.3, 0.4) is 0 Å². The zero-order valence-corrected chi connectivity index (χ0v) is 7.65. The van der Waals surface area contributed by atoms with Gasteiger partial charge in [0.2, 0.25) is 0 Å². The predicted octanol–water partition coefficient (Wildman–Crippen LogP) is 3.38. The van der Waals surface area contributed by atoms with E-state index in [0.717, 1.165) is 11.3 Å². The van der Waals surface area contributed by atoms with Crippen LogP contribution in [0.1, 0.15) is 17.6 Å². The van der Waals surface area contributed by atoms with Crippen molar-refractivity contribution in [3.63, 3.8) is 0 Å². The summed E-state index contributed by atoms with van der Waals surface area (Å²) < 4.78 is 35.9. The number of aromatic nitrogens is 1. The summed E-state index contributed by atoms with van der Waals surface area (Å²) in [5.41, 5.74) is -0.967. The first-order valence-corrected chi connectivity index (χ1v) is 4.37. The first kappa shape index (κ1) is 9.80. The van der Waals surface area contributed by atoms with Gasteiger partial charge in [0.05, 0.1) is 5.01 Å². The average Bonchev–Trinajstić information content (AvgIpc) is 2.29. The van der Waals surface area contributed by atoms with Crippen molar-refractivity contribution in [2.45, 2.75) is 19.5 Å². The summed E-state index contributed by atoms with van der Waals surface area (Å²) in [5, 5.41) is 0.410. The smallest absolute Gasteiger partial charge is 0.235 e. The van der Waals surface area contributed by atoms with Gasteiger partial charge in [-0.05, 0) is 6.42 Å². The maximum absolute atomic E-state index is 12.1. The fourth-order valence-corrected chi connectivity index (χ4v) is 1.83. The van der Waals surface area contributed by atoms with Crippen molar-refractivity contribution in [3.05, 3.63) is 15.0 Å². The van der Waals surface area contributed by atoms with Crippen molar-refractivity contribution >= 4 is 22.9 Å². The Bertz CT molecular complexity index is 281. The molecule has 0 aromatic carbocycles. The van der Waals surface area contributed by atoms with Crippen LogP contribution in [-0.2, 0) is 12.6 Å². The van der Waals surface area contributed by atoms with Crippen molar-refractivity contribution in [2.75, 3.05) is 0 Å². The molecule has 0 aliphatic carbocycles. The lowest BCUT2D eigenvalue weighted by molar-refractivity contribution is -0.140. The molecule has 0 radical (unpaired) electrons. The van der Waals surface area contributed by atoms with E-state index < -0.39 is 11.9 Å². The summed E-state index contributed by atoms with van der Waals surface area (Å²) in [5.74, 6) is 0. The number of rotatable bonds is 1. The van der Waals surface area contributed by atoms with Crippen molar-refractivity contribution in [3.8, 4) is 0 Å². The monoisotopic (exact) mass is 215 g/mol. The number of hydrogen-bond acceptors (Lipinski definition) is 2.